The number of hydrogen-bond donors (Lipinski definition) is 1. The molecular weight excluding hydrogens is 349 g/mol. The summed E-state index contributed by atoms with van der Waals surface area (Å²) in [5.74, 6) is 0.190. The van der Waals surface area contributed by atoms with E-state index < -0.39 is 11.5 Å². The van der Waals surface area contributed by atoms with Crippen LogP contribution in [-0.4, -0.2) is 36.4 Å². The van der Waals surface area contributed by atoms with Crippen LogP contribution in [-0.2, 0) is 15.0 Å². The average molecular weight is 369 g/mol. The van der Waals surface area contributed by atoms with E-state index in [1.165, 1.54) is 6.20 Å². The van der Waals surface area contributed by atoms with Crippen LogP contribution in [0.5, 0.6) is 5.75 Å². The molecule has 140 valence electrons. The molecule has 1 aromatic carbocycles. The molecule has 0 radical (unpaired) electrons. The molecule has 3 aliphatic rings. The molecule has 1 spiro atoms. The van der Waals surface area contributed by atoms with Crippen LogP contribution in [0.25, 0.3) is 11.1 Å². The number of amidine groups is 1. The van der Waals surface area contributed by atoms with Gasteiger partial charge in [0.05, 0.1) is 18.6 Å². The highest BCUT2D eigenvalue weighted by Gasteiger charge is 2.57. The van der Waals surface area contributed by atoms with Crippen LogP contribution in [0.1, 0.15) is 18.9 Å². The van der Waals surface area contributed by atoms with Crippen molar-refractivity contribution in [3.63, 3.8) is 0 Å². The molecule has 4 atom stereocenters. The molecule has 2 aromatic rings. The van der Waals surface area contributed by atoms with Crippen LogP contribution in [0.15, 0.2) is 41.5 Å². The van der Waals surface area contributed by atoms with Crippen LogP contribution >= 0.6 is 0 Å². The van der Waals surface area contributed by atoms with Crippen LogP contribution in [0, 0.1) is 11.9 Å². The minimum atomic E-state index is -0.698. The Balaban J connectivity index is 1.70. The predicted molar refractivity (Wildman–Crippen MR) is 96.8 cm³/mol. The third kappa shape index (κ3) is 2.41. The van der Waals surface area contributed by atoms with Crippen molar-refractivity contribution in [2.45, 2.75) is 31.1 Å². The number of hydrogen-bond acceptors (Lipinski definition) is 6. The molecule has 5 rings (SSSR count). The molecular formula is C20H20FN3O3. The van der Waals surface area contributed by atoms with E-state index in [4.69, 9.17) is 24.9 Å². The van der Waals surface area contributed by atoms with Gasteiger partial charge in [-0.15, -0.1) is 0 Å². The van der Waals surface area contributed by atoms with Crippen molar-refractivity contribution in [1.82, 2.24) is 4.98 Å². The minimum Gasteiger partial charge on any atom is -0.489 e. The van der Waals surface area contributed by atoms with E-state index in [1.54, 1.807) is 12.1 Å². The van der Waals surface area contributed by atoms with Gasteiger partial charge in [-0.25, -0.2) is 9.98 Å². The fourth-order valence-electron chi connectivity index (χ4n) is 4.62. The lowest BCUT2D eigenvalue weighted by atomic mass is 9.69. The Hall–Kier alpha value is -2.67. The van der Waals surface area contributed by atoms with Gasteiger partial charge >= 0.3 is 0 Å². The number of ether oxygens (including phenoxy) is 3. The summed E-state index contributed by atoms with van der Waals surface area (Å²) < 4.78 is 32.0. The first-order chi connectivity index (χ1) is 13.1. The topological polar surface area (TPSA) is 79.0 Å². The summed E-state index contributed by atoms with van der Waals surface area (Å²) in [6.07, 6.45) is 2.13. The fourth-order valence-corrected chi connectivity index (χ4v) is 4.62. The number of halogens is 1. The first-order valence-corrected chi connectivity index (χ1v) is 9.10. The van der Waals surface area contributed by atoms with Gasteiger partial charge in [-0.2, -0.15) is 4.39 Å². The number of rotatable bonds is 1. The smallest absolute Gasteiger partial charge is 0.283 e. The number of pyridine rings is 1. The van der Waals surface area contributed by atoms with Gasteiger partial charge in [-0.1, -0.05) is 6.07 Å². The Bertz CT molecular complexity index is 934. The number of fused-ring (bicyclic) bond motifs is 4. The number of nitrogens with two attached hydrogens (primary N) is 1. The quantitative estimate of drug-likeness (QED) is 0.782. The maximum atomic E-state index is 14.2. The second-order valence-electron chi connectivity index (χ2n) is 7.26. The van der Waals surface area contributed by atoms with Gasteiger partial charge in [-0.3, -0.25) is 0 Å². The normalized spacial score (nSPS) is 31.5. The molecule has 0 bridgehead atoms. The summed E-state index contributed by atoms with van der Waals surface area (Å²) in [4.78, 5) is 8.47. The summed E-state index contributed by atoms with van der Waals surface area (Å²) in [5.41, 5.74) is 7.21. The van der Waals surface area contributed by atoms with Crippen LogP contribution in [0.2, 0.25) is 0 Å². The van der Waals surface area contributed by atoms with Crippen LogP contribution in [0.3, 0.4) is 0 Å². The number of aliphatic imine (C=N–C) groups is 1. The highest BCUT2D eigenvalue weighted by Crippen LogP contribution is 2.52. The zero-order valence-corrected chi connectivity index (χ0v) is 14.9. The van der Waals surface area contributed by atoms with Gasteiger partial charge in [0.1, 0.15) is 24.0 Å². The Labute approximate surface area is 156 Å². The highest BCUT2D eigenvalue weighted by atomic mass is 19.1. The lowest BCUT2D eigenvalue weighted by Crippen LogP contribution is -2.56. The molecule has 2 N–H and O–H groups in total. The molecule has 0 saturated carbocycles. The lowest BCUT2D eigenvalue weighted by Gasteiger charge is -2.48. The molecule has 6 nitrogen and oxygen atoms in total. The van der Waals surface area contributed by atoms with Crippen molar-refractivity contribution >= 4 is 6.02 Å². The van der Waals surface area contributed by atoms with Gasteiger partial charge in [0.15, 0.2) is 0 Å². The van der Waals surface area contributed by atoms with Crippen molar-refractivity contribution in [2.75, 3.05) is 13.2 Å². The number of aromatic nitrogens is 1. The maximum absolute atomic E-state index is 14.2. The summed E-state index contributed by atoms with van der Waals surface area (Å²) in [6.45, 7) is 3.00. The lowest BCUT2D eigenvalue weighted by molar-refractivity contribution is -0.116. The molecule has 1 saturated heterocycles. The van der Waals surface area contributed by atoms with Gasteiger partial charge < -0.3 is 19.9 Å². The number of nitrogens with zero attached hydrogens (tertiary/aromatic N) is 2. The fraction of sp³-hybridized carbons (Fsp3) is 0.400. The summed E-state index contributed by atoms with van der Waals surface area (Å²) in [6, 6.07) is 9.22. The minimum absolute atomic E-state index is 0.0273. The summed E-state index contributed by atoms with van der Waals surface area (Å²) in [7, 11) is 0. The van der Waals surface area contributed by atoms with E-state index in [0.717, 1.165) is 17.7 Å². The summed E-state index contributed by atoms with van der Waals surface area (Å²) in [5, 5.41) is 0. The van der Waals surface area contributed by atoms with Crippen LogP contribution in [0.4, 0.5) is 4.39 Å². The van der Waals surface area contributed by atoms with E-state index in [9.17, 15) is 4.39 Å². The van der Waals surface area contributed by atoms with Gasteiger partial charge in [0.25, 0.3) is 6.02 Å². The van der Waals surface area contributed by atoms with E-state index in [1.807, 2.05) is 25.1 Å². The molecule has 1 aromatic heterocycles. The molecule has 4 heterocycles. The van der Waals surface area contributed by atoms with Gasteiger partial charge in [-0.05, 0) is 36.8 Å². The van der Waals surface area contributed by atoms with E-state index in [-0.39, 0.29) is 24.1 Å². The Morgan fingerprint density at radius 1 is 1.30 bits per heavy atom. The zero-order chi connectivity index (χ0) is 18.6. The monoisotopic (exact) mass is 369 g/mol. The van der Waals surface area contributed by atoms with Crippen molar-refractivity contribution in [1.29, 1.82) is 0 Å². The first-order valence-electron chi connectivity index (χ1n) is 9.10. The van der Waals surface area contributed by atoms with Crippen molar-refractivity contribution in [2.24, 2.45) is 16.6 Å². The standard InChI is InChI=1S/C20H20FN3O3/c1-11-17-16(6-8-25-11)27-15-5-4-12(13-3-2-7-23-18(13)21)9-14(15)20(17)10-26-19(22)24-20/h2-5,7,9,11,16-17H,6,8,10H2,1H3,(H2,22,24)/t11-,16?,17-,20+/m1/s1. The van der Waals surface area contributed by atoms with Crippen molar-refractivity contribution in [3.8, 4) is 16.9 Å². The van der Waals surface area contributed by atoms with Gasteiger partial charge in [0, 0.05) is 23.7 Å². The average Bonchev–Trinajstić information content (AvgIpc) is 3.04. The van der Waals surface area contributed by atoms with Crippen LogP contribution < -0.4 is 10.5 Å². The molecule has 3 aliphatic heterocycles. The molecule has 1 unspecified atom stereocenters. The third-order valence-electron chi connectivity index (χ3n) is 5.79. The predicted octanol–water partition coefficient (Wildman–Crippen LogP) is 2.61. The van der Waals surface area contributed by atoms with E-state index in [0.29, 0.717) is 24.3 Å². The maximum Gasteiger partial charge on any atom is 0.283 e. The second-order valence-corrected chi connectivity index (χ2v) is 7.26. The molecule has 27 heavy (non-hydrogen) atoms. The van der Waals surface area contributed by atoms with Crippen molar-refractivity contribution in [3.05, 3.63) is 48.0 Å². The largest absolute Gasteiger partial charge is 0.489 e. The first kappa shape index (κ1) is 16.5. The zero-order valence-electron chi connectivity index (χ0n) is 14.9. The number of benzene rings is 1. The Morgan fingerprint density at radius 3 is 2.96 bits per heavy atom. The summed E-state index contributed by atoms with van der Waals surface area (Å²) >= 11 is 0. The van der Waals surface area contributed by atoms with Gasteiger partial charge in [0.2, 0.25) is 5.95 Å². The SMILES string of the molecule is C[C@H]1OCCC2Oc3ccc(-c4cccnc4F)cc3[C@@]3(COC(N)=N3)[C@@H]21. The molecule has 7 heteroatoms. The third-order valence-corrected chi connectivity index (χ3v) is 5.79. The molecule has 1 fully saturated rings. The van der Waals surface area contributed by atoms with E-state index in [2.05, 4.69) is 4.98 Å². The Morgan fingerprint density at radius 2 is 2.19 bits per heavy atom. The highest BCUT2D eigenvalue weighted by molar-refractivity contribution is 5.75. The van der Waals surface area contributed by atoms with E-state index >= 15 is 0 Å². The second kappa shape index (κ2) is 5.92. The van der Waals surface area contributed by atoms with Crippen molar-refractivity contribution < 1.29 is 18.6 Å². The molecule has 0 aliphatic carbocycles. The Kier molecular flexibility index (Phi) is 3.62. The molecule has 0 amide bonds.